The van der Waals surface area contributed by atoms with Crippen molar-refractivity contribution in [2.45, 2.75) is 19.9 Å². The second-order valence-electron chi connectivity index (χ2n) is 3.88. The van der Waals surface area contributed by atoms with Gasteiger partial charge in [0.2, 0.25) is 0 Å². The van der Waals surface area contributed by atoms with Gasteiger partial charge in [-0.15, -0.1) is 6.58 Å². The molecular formula is C12H13FN2O3. The van der Waals surface area contributed by atoms with E-state index in [-0.39, 0.29) is 22.9 Å². The molecule has 1 atom stereocenters. The van der Waals surface area contributed by atoms with Crippen molar-refractivity contribution in [3.8, 4) is 0 Å². The summed E-state index contributed by atoms with van der Waals surface area (Å²) in [5.74, 6) is -1.46. The Morgan fingerprint density at radius 1 is 1.61 bits per heavy atom. The summed E-state index contributed by atoms with van der Waals surface area (Å²) < 4.78 is 13.7. The van der Waals surface area contributed by atoms with Crippen LogP contribution >= 0.6 is 0 Å². The van der Waals surface area contributed by atoms with Gasteiger partial charge in [0.25, 0.3) is 11.6 Å². The first-order valence-corrected chi connectivity index (χ1v) is 5.24. The van der Waals surface area contributed by atoms with Gasteiger partial charge in [0.05, 0.1) is 10.5 Å². The number of carbonyl (C=O) groups is 1. The number of nitrogens with one attached hydrogen (secondary N) is 1. The van der Waals surface area contributed by atoms with Crippen molar-refractivity contribution >= 4 is 11.6 Å². The number of amides is 1. The standard InChI is InChI=1S/C12H13FN2O3/c1-4-8(3)14-12(16)10-6-9(15(17)18)5-7(2)11(10)13/h4-6,8H,1H2,2-3H3,(H,14,16). The van der Waals surface area contributed by atoms with Crippen LogP contribution in [0, 0.1) is 22.9 Å². The Labute approximate surface area is 103 Å². The van der Waals surface area contributed by atoms with Gasteiger partial charge in [-0.2, -0.15) is 0 Å². The second kappa shape index (κ2) is 5.39. The first kappa shape index (κ1) is 13.8. The lowest BCUT2D eigenvalue weighted by molar-refractivity contribution is -0.385. The Bertz CT molecular complexity index is 514. The highest BCUT2D eigenvalue weighted by Gasteiger charge is 2.20. The lowest BCUT2D eigenvalue weighted by Crippen LogP contribution is -2.31. The molecule has 0 aliphatic rings. The number of hydrogen-bond donors (Lipinski definition) is 1. The van der Waals surface area contributed by atoms with E-state index in [1.54, 1.807) is 6.92 Å². The van der Waals surface area contributed by atoms with Gasteiger partial charge in [0.15, 0.2) is 0 Å². The smallest absolute Gasteiger partial charge is 0.270 e. The largest absolute Gasteiger partial charge is 0.346 e. The molecule has 0 saturated carbocycles. The minimum Gasteiger partial charge on any atom is -0.346 e. The number of carbonyl (C=O) groups excluding carboxylic acids is 1. The molecule has 0 bridgehead atoms. The van der Waals surface area contributed by atoms with Gasteiger partial charge >= 0.3 is 0 Å². The van der Waals surface area contributed by atoms with E-state index in [0.717, 1.165) is 12.1 Å². The fourth-order valence-electron chi connectivity index (χ4n) is 1.36. The van der Waals surface area contributed by atoms with Crippen molar-refractivity contribution in [3.05, 3.63) is 51.8 Å². The highest BCUT2D eigenvalue weighted by Crippen LogP contribution is 2.21. The third kappa shape index (κ3) is 2.91. The first-order chi connectivity index (χ1) is 8.36. The molecule has 0 heterocycles. The normalized spacial score (nSPS) is 11.7. The van der Waals surface area contributed by atoms with E-state index < -0.39 is 16.6 Å². The maximum absolute atomic E-state index is 13.7. The molecule has 96 valence electrons. The minimum absolute atomic E-state index is 0.0561. The Morgan fingerprint density at radius 3 is 2.72 bits per heavy atom. The quantitative estimate of drug-likeness (QED) is 0.508. The van der Waals surface area contributed by atoms with E-state index in [1.165, 1.54) is 13.0 Å². The van der Waals surface area contributed by atoms with E-state index in [0.29, 0.717) is 0 Å². The van der Waals surface area contributed by atoms with Crippen LogP contribution in [0.1, 0.15) is 22.8 Å². The molecule has 1 rings (SSSR count). The van der Waals surface area contributed by atoms with Crippen molar-refractivity contribution in [1.29, 1.82) is 0 Å². The molecule has 0 saturated heterocycles. The molecule has 6 heteroatoms. The average molecular weight is 252 g/mol. The van der Waals surface area contributed by atoms with Crippen molar-refractivity contribution in [2.75, 3.05) is 0 Å². The average Bonchev–Trinajstić information content (AvgIpc) is 2.31. The van der Waals surface area contributed by atoms with Gasteiger partial charge in [0, 0.05) is 18.2 Å². The number of nitrogens with zero attached hydrogens (tertiary/aromatic N) is 1. The third-order valence-corrected chi connectivity index (χ3v) is 2.41. The molecule has 0 aromatic heterocycles. The number of aryl methyl sites for hydroxylation is 1. The van der Waals surface area contributed by atoms with Crippen LogP contribution < -0.4 is 5.32 Å². The van der Waals surface area contributed by atoms with Crippen molar-refractivity contribution in [3.63, 3.8) is 0 Å². The molecule has 0 aliphatic carbocycles. The number of rotatable bonds is 4. The number of nitro benzene ring substituents is 1. The third-order valence-electron chi connectivity index (χ3n) is 2.41. The number of non-ortho nitro benzene ring substituents is 1. The molecule has 1 N–H and O–H groups in total. The van der Waals surface area contributed by atoms with Crippen LogP contribution in [0.5, 0.6) is 0 Å². The number of benzene rings is 1. The predicted molar refractivity (Wildman–Crippen MR) is 64.9 cm³/mol. The molecular weight excluding hydrogens is 239 g/mol. The van der Waals surface area contributed by atoms with Crippen LogP contribution in [0.3, 0.4) is 0 Å². The molecule has 0 fully saturated rings. The monoisotopic (exact) mass is 252 g/mol. The van der Waals surface area contributed by atoms with Crippen LogP contribution in [-0.2, 0) is 0 Å². The number of nitro groups is 1. The predicted octanol–water partition coefficient (Wildman–Crippen LogP) is 2.35. The second-order valence-corrected chi connectivity index (χ2v) is 3.88. The Hall–Kier alpha value is -2.24. The van der Waals surface area contributed by atoms with E-state index in [2.05, 4.69) is 11.9 Å². The van der Waals surface area contributed by atoms with Crippen LogP contribution in [0.15, 0.2) is 24.8 Å². The first-order valence-electron chi connectivity index (χ1n) is 5.24. The molecule has 1 amide bonds. The van der Waals surface area contributed by atoms with E-state index in [9.17, 15) is 19.3 Å². The van der Waals surface area contributed by atoms with Gasteiger partial charge in [-0.3, -0.25) is 14.9 Å². The Balaban J connectivity index is 3.18. The van der Waals surface area contributed by atoms with Crippen molar-refractivity contribution in [1.82, 2.24) is 5.32 Å². The summed E-state index contributed by atoms with van der Waals surface area (Å²) in [6.07, 6.45) is 1.47. The van der Waals surface area contributed by atoms with Crippen molar-refractivity contribution in [2.24, 2.45) is 0 Å². The van der Waals surface area contributed by atoms with E-state index >= 15 is 0 Å². The van der Waals surface area contributed by atoms with Crippen LogP contribution in [0.25, 0.3) is 0 Å². The molecule has 0 spiro atoms. The van der Waals surface area contributed by atoms with Gasteiger partial charge in [-0.05, 0) is 19.4 Å². The Kier molecular flexibility index (Phi) is 4.14. The summed E-state index contributed by atoms with van der Waals surface area (Å²) in [6, 6.07) is 1.66. The van der Waals surface area contributed by atoms with E-state index in [1.807, 2.05) is 0 Å². The SMILES string of the molecule is C=CC(C)NC(=O)c1cc([N+](=O)[O-])cc(C)c1F. The molecule has 1 aromatic rings. The summed E-state index contributed by atoms with van der Waals surface area (Å²) in [6.45, 7) is 6.51. The maximum Gasteiger partial charge on any atom is 0.270 e. The summed E-state index contributed by atoms with van der Waals surface area (Å²) in [5.41, 5.74) is -0.596. The van der Waals surface area contributed by atoms with Crippen LogP contribution in [0.2, 0.25) is 0 Å². The van der Waals surface area contributed by atoms with Gasteiger partial charge in [-0.1, -0.05) is 6.08 Å². The van der Waals surface area contributed by atoms with Gasteiger partial charge < -0.3 is 5.32 Å². The summed E-state index contributed by atoms with van der Waals surface area (Å²) in [5, 5.41) is 13.1. The maximum atomic E-state index is 13.7. The topological polar surface area (TPSA) is 72.2 Å². The fourth-order valence-corrected chi connectivity index (χ4v) is 1.36. The minimum atomic E-state index is -0.755. The molecule has 1 unspecified atom stereocenters. The van der Waals surface area contributed by atoms with Crippen molar-refractivity contribution < 1.29 is 14.1 Å². The van der Waals surface area contributed by atoms with Crippen LogP contribution in [0.4, 0.5) is 10.1 Å². The molecule has 18 heavy (non-hydrogen) atoms. The zero-order valence-electron chi connectivity index (χ0n) is 10.1. The fraction of sp³-hybridized carbons (Fsp3) is 0.250. The Morgan fingerprint density at radius 2 is 2.22 bits per heavy atom. The van der Waals surface area contributed by atoms with Gasteiger partial charge in [0.1, 0.15) is 5.82 Å². The molecule has 0 aliphatic heterocycles. The van der Waals surface area contributed by atoms with Gasteiger partial charge in [-0.25, -0.2) is 4.39 Å². The van der Waals surface area contributed by atoms with Crippen LogP contribution in [-0.4, -0.2) is 16.9 Å². The number of halogens is 1. The van der Waals surface area contributed by atoms with E-state index in [4.69, 9.17) is 0 Å². The molecule has 5 nitrogen and oxygen atoms in total. The summed E-state index contributed by atoms with van der Waals surface area (Å²) in [4.78, 5) is 21.7. The lowest BCUT2D eigenvalue weighted by atomic mass is 10.1. The molecule has 0 radical (unpaired) electrons. The highest BCUT2D eigenvalue weighted by atomic mass is 19.1. The summed E-state index contributed by atoms with van der Waals surface area (Å²) >= 11 is 0. The zero-order valence-corrected chi connectivity index (χ0v) is 10.1. The lowest BCUT2D eigenvalue weighted by Gasteiger charge is -2.10. The zero-order chi connectivity index (χ0) is 13.9. The molecule has 1 aromatic carbocycles. The highest BCUT2D eigenvalue weighted by molar-refractivity contribution is 5.95. The number of hydrogen-bond acceptors (Lipinski definition) is 3. The summed E-state index contributed by atoms with van der Waals surface area (Å²) in [7, 11) is 0.